The van der Waals surface area contributed by atoms with Gasteiger partial charge in [0.1, 0.15) is 0 Å². The number of halogens is 4. The van der Waals surface area contributed by atoms with E-state index in [2.05, 4.69) is 371 Å². The van der Waals surface area contributed by atoms with Gasteiger partial charge in [-0.1, -0.05) is 540 Å². The Kier molecular flexibility index (Phi) is 111. The zero-order chi connectivity index (χ0) is 105. The number of ether oxygens (including phenoxy) is 1. The number of unbranched alkanes of at least 4 members (excludes halogenated alkanes) is 13. The standard InChI is InChI=1S/C14H30.2C14H28.C14H30.C13H26.C12H24F2.C12H22F2.2C12H24.C11H24O/c3*1-12(2)8-7-10-14(5,6)11-9-13(3)4;1-12(2)10-8-7-9-11-14(5,6)13(3)4;1-12(2)10-8-6-5-7-9-11-13(3)4;2*1-10(2)8-6-5-7-9-12(13,14)11(3)4;2*1-11(2)9-7-5-6-8-10-12(3)4;1-10(2)7-5-6-8-12-9-11(3)4/h12-13H,7-11H2,1-6H3;2*7-8,12-13H,9-11H2,1-6H3;12-13H,7-11H2,1-6H3;8,10,12-13H,5-7,9,11H2,1-4H3;10-11H,5-9H2,1-4H3;6,8,10-11H,5,7,9H2,1-4H3;2*7,9,11-12H,5-6,8,10H2,1-4H3;10-11H,5-9H2,1-4H3/b;8-7+;8-7-;;10-8+;;8-6+;9-7+;9-7-;. The van der Waals surface area contributed by atoms with Crippen LogP contribution in [0.25, 0.3) is 0 Å². The summed E-state index contributed by atoms with van der Waals surface area (Å²) >= 11 is 0. The van der Waals surface area contributed by atoms with E-state index in [1.807, 2.05) is 6.08 Å². The molecule has 0 rings (SSSR count). The smallest absolute Gasteiger partial charge is 0.250 e. The Bertz CT molecular complexity index is 2330. The van der Waals surface area contributed by atoms with Gasteiger partial charge >= 0.3 is 0 Å². The van der Waals surface area contributed by atoms with Crippen molar-refractivity contribution in [2.24, 2.45) is 140 Å². The molecule has 0 N–H and O–H groups in total. The van der Waals surface area contributed by atoms with Gasteiger partial charge in [-0.25, -0.2) is 17.6 Å². The summed E-state index contributed by atoms with van der Waals surface area (Å²) in [6.07, 6.45) is 76.0. The third kappa shape index (κ3) is 151. The monoisotopic (exact) mass is 1890 g/mol. The van der Waals surface area contributed by atoms with Gasteiger partial charge in [-0.05, 0) is 237 Å². The molecule has 133 heavy (non-hydrogen) atoms. The van der Waals surface area contributed by atoms with Crippen LogP contribution in [-0.2, 0) is 4.74 Å². The largest absolute Gasteiger partial charge is 0.381 e. The van der Waals surface area contributed by atoms with Crippen LogP contribution in [-0.4, -0.2) is 25.1 Å². The first-order chi connectivity index (χ1) is 61.1. The van der Waals surface area contributed by atoms with E-state index in [1.165, 1.54) is 205 Å². The van der Waals surface area contributed by atoms with E-state index >= 15 is 0 Å². The molecule has 0 unspecified atom stereocenters. The zero-order valence-electron chi connectivity index (χ0n) is 101. The summed E-state index contributed by atoms with van der Waals surface area (Å²) in [7, 11) is 0. The minimum Gasteiger partial charge on any atom is -0.381 e. The van der Waals surface area contributed by atoms with E-state index in [0.29, 0.717) is 64.1 Å². The normalized spacial score (nSPS) is 12.7. The topological polar surface area (TPSA) is 9.23 Å². The highest BCUT2D eigenvalue weighted by Crippen LogP contribution is 2.36. The van der Waals surface area contributed by atoms with Crippen LogP contribution in [0.3, 0.4) is 0 Å². The molecule has 0 aromatic heterocycles. The highest BCUT2D eigenvalue weighted by molar-refractivity contribution is 4.92. The van der Waals surface area contributed by atoms with E-state index in [0.717, 1.165) is 116 Å². The number of hydrogen-bond acceptors (Lipinski definition) is 1. The van der Waals surface area contributed by atoms with E-state index in [9.17, 15) is 17.6 Å². The van der Waals surface area contributed by atoms with Gasteiger partial charge in [-0.3, -0.25) is 0 Å². The second kappa shape index (κ2) is 97.6. The lowest BCUT2D eigenvalue weighted by Gasteiger charge is -2.29. The average molecular weight is 1890 g/mol. The number of alkyl halides is 4. The Balaban J connectivity index is -0.000000158. The first-order valence-corrected chi connectivity index (χ1v) is 57.4. The zero-order valence-corrected chi connectivity index (χ0v) is 101. The summed E-state index contributed by atoms with van der Waals surface area (Å²) in [5, 5.41) is 0. The van der Waals surface area contributed by atoms with Crippen LogP contribution in [0, 0.1) is 140 Å². The van der Waals surface area contributed by atoms with Crippen molar-refractivity contribution in [1.29, 1.82) is 0 Å². The molecule has 0 saturated carbocycles. The fraction of sp³-hybridized carbons (Fsp3) is 0.906. The SMILES string of the molecule is CC(C)/C=C/CC(C)(C)CCC(C)C.CC(C)/C=C/CCCC(F)(F)C(C)C.CC(C)/C=C/CCCCC(C)C.CC(C)/C=C/CCCCCC(C)C.CC(C)/C=C\CC(C)(C)CCC(C)C.CC(C)/C=C\CCCCC(C)C.CC(C)CCCC(C)(C)CCC(C)C.CC(C)CCCCCC(C)(C)C(C)C.CC(C)CCCCCC(F)(F)C(C)C.CC(C)CCCCOCC(C)C. The molecule has 0 fully saturated rings. The highest BCUT2D eigenvalue weighted by atomic mass is 19.3. The molecule has 1 nitrogen and oxygen atoms in total. The summed E-state index contributed by atoms with van der Waals surface area (Å²) < 4.78 is 58.0. The van der Waals surface area contributed by atoms with Gasteiger partial charge in [-0.2, -0.15) is 0 Å². The number of rotatable bonds is 65. The predicted molar refractivity (Wildman–Crippen MR) is 612 cm³/mol. The fourth-order valence-corrected chi connectivity index (χ4v) is 13.6. The summed E-state index contributed by atoms with van der Waals surface area (Å²) in [5.41, 5.74) is 2.07. The molecule has 0 radical (unpaired) electrons. The summed E-state index contributed by atoms with van der Waals surface area (Å²) in [6, 6.07) is 0. The molecule has 0 aliphatic heterocycles. The second-order valence-corrected chi connectivity index (χ2v) is 51.6. The summed E-state index contributed by atoms with van der Waals surface area (Å²) in [4.78, 5) is 0. The van der Waals surface area contributed by atoms with Gasteiger partial charge in [0.05, 0.1) is 0 Å². The van der Waals surface area contributed by atoms with Crippen LogP contribution >= 0.6 is 0 Å². The Morgan fingerprint density at radius 1 is 0.195 bits per heavy atom. The van der Waals surface area contributed by atoms with Crippen molar-refractivity contribution in [2.75, 3.05) is 13.2 Å². The van der Waals surface area contributed by atoms with Crippen molar-refractivity contribution < 1.29 is 22.3 Å². The van der Waals surface area contributed by atoms with E-state index in [1.54, 1.807) is 27.7 Å². The lowest BCUT2D eigenvalue weighted by Crippen LogP contribution is -2.23. The molecule has 0 saturated heterocycles. The Hall–Kier alpha value is -1.88. The molecular formula is C128H260F4O. The first kappa shape index (κ1) is 151. The van der Waals surface area contributed by atoms with Crippen molar-refractivity contribution >= 4 is 0 Å². The van der Waals surface area contributed by atoms with Crippen molar-refractivity contribution in [3.8, 4) is 0 Å². The molecule has 0 aromatic carbocycles. The lowest BCUT2D eigenvalue weighted by molar-refractivity contribution is -0.0543. The molecule has 0 atom stereocenters. The first-order valence-electron chi connectivity index (χ1n) is 57.4. The van der Waals surface area contributed by atoms with E-state index in [4.69, 9.17) is 4.74 Å². The highest BCUT2D eigenvalue weighted by Gasteiger charge is 2.33. The van der Waals surface area contributed by atoms with E-state index in [-0.39, 0.29) is 12.8 Å². The minimum atomic E-state index is -2.49. The van der Waals surface area contributed by atoms with Crippen LogP contribution < -0.4 is 0 Å². The molecule has 0 aliphatic carbocycles. The maximum Gasteiger partial charge on any atom is 0.250 e. The Morgan fingerprint density at radius 3 is 0.684 bits per heavy atom. The van der Waals surface area contributed by atoms with Crippen LogP contribution in [0.5, 0.6) is 0 Å². The van der Waals surface area contributed by atoms with Gasteiger partial charge in [0, 0.05) is 37.9 Å². The molecule has 0 aromatic rings. The van der Waals surface area contributed by atoms with Gasteiger partial charge in [0.2, 0.25) is 11.8 Å². The molecule has 0 aliphatic rings. The number of allylic oxidation sites excluding steroid dienone is 12. The molecular weight excluding hydrogens is 1630 g/mol. The van der Waals surface area contributed by atoms with Gasteiger partial charge in [0.25, 0.3) is 0 Å². The van der Waals surface area contributed by atoms with E-state index < -0.39 is 23.7 Å². The molecule has 0 bridgehead atoms. The minimum absolute atomic E-state index is 0.00705. The molecule has 0 heterocycles. The maximum atomic E-state index is 13.1. The van der Waals surface area contributed by atoms with Crippen molar-refractivity contribution in [1.82, 2.24) is 0 Å². The quantitative estimate of drug-likeness (QED) is 0.0335. The van der Waals surface area contributed by atoms with Crippen molar-refractivity contribution in [3.63, 3.8) is 0 Å². The third-order valence-corrected chi connectivity index (χ3v) is 24.6. The molecule has 0 amide bonds. The second-order valence-electron chi connectivity index (χ2n) is 51.6. The fourth-order valence-electron chi connectivity index (χ4n) is 13.6. The van der Waals surface area contributed by atoms with Gasteiger partial charge in [-0.15, -0.1) is 0 Å². The van der Waals surface area contributed by atoms with Gasteiger partial charge < -0.3 is 4.74 Å². The van der Waals surface area contributed by atoms with Crippen LogP contribution in [0.15, 0.2) is 72.9 Å². The van der Waals surface area contributed by atoms with Crippen LogP contribution in [0.1, 0.15) is 589 Å². The Labute approximate surface area is 844 Å². The predicted octanol–water partition coefficient (Wildman–Crippen LogP) is 47.3. The molecule has 0 spiro atoms. The summed E-state index contributed by atoms with van der Waals surface area (Å²) in [6.45, 7) is 109. The number of hydrogen-bond donors (Lipinski definition) is 0. The molecule has 5 heteroatoms. The van der Waals surface area contributed by atoms with Gasteiger partial charge in [0.15, 0.2) is 0 Å². The third-order valence-electron chi connectivity index (χ3n) is 24.6. The Morgan fingerprint density at radius 2 is 0.421 bits per heavy atom. The van der Waals surface area contributed by atoms with Crippen molar-refractivity contribution in [2.45, 2.75) is 601 Å². The van der Waals surface area contributed by atoms with Crippen LogP contribution in [0.4, 0.5) is 17.6 Å². The average Bonchev–Trinajstić information content (AvgIpc) is 0.904. The lowest BCUT2D eigenvalue weighted by atomic mass is 9.77. The van der Waals surface area contributed by atoms with Crippen molar-refractivity contribution in [3.05, 3.63) is 72.9 Å². The molecule has 806 valence electrons. The summed E-state index contributed by atoms with van der Waals surface area (Å²) in [5.74, 6) is 7.97. The maximum absolute atomic E-state index is 13.1. The van der Waals surface area contributed by atoms with Crippen LogP contribution in [0.2, 0.25) is 0 Å².